The van der Waals surface area contributed by atoms with Crippen LogP contribution in [0.4, 0.5) is 0 Å². The van der Waals surface area contributed by atoms with Gasteiger partial charge in [0.2, 0.25) is 0 Å². The van der Waals surface area contributed by atoms with Gasteiger partial charge in [0.15, 0.2) is 9.84 Å². The lowest BCUT2D eigenvalue weighted by Crippen LogP contribution is -2.34. The molecule has 1 amide bonds. The number of aryl methyl sites for hydroxylation is 1. The zero-order valence-corrected chi connectivity index (χ0v) is 24.3. The fourth-order valence-corrected chi connectivity index (χ4v) is 5.99. The Balaban J connectivity index is 1.64. The van der Waals surface area contributed by atoms with Gasteiger partial charge in [-0.05, 0) is 77.1 Å². The van der Waals surface area contributed by atoms with Crippen molar-refractivity contribution in [1.29, 1.82) is 0 Å². The molecular weight excluding hydrogens is 510 g/mol. The number of nitrogens with zero attached hydrogens (tertiary/aromatic N) is 2. The molecule has 206 valence electrons. The van der Waals surface area contributed by atoms with Gasteiger partial charge in [-0.2, -0.15) is 0 Å². The first-order valence-electron chi connectivity index (χ1n) is 13.0. The van der Waals surface area contributed by atoms with E-state index in [9.17, 15) is 13.2 Å². The average Bonchev–Trinajstić information content (AvgIpc) is 3.24. The predicted octanol–water partition coefficient (Wildman–Crippen LogP) is 4.23. The van der Waals surface area contributed by atoms with Crippen molar-refractivity contribution in [3.63, 3.8) is 0 Å². The lowest BCUT2D eigenvalue weighted by atomic mass is 10.1. The van der Waals surface area contributed by atoms with Crippen molar-refractivity contribution in [3.05, 3.63) is 45.4 Å². The normalized spacial score (nSPS) is 18.5. The highest BCUT2D eigenvalue weighted by atomic mass is 32.2. The van der Waals surface area contributed by atoms with Crippen molar-refractivity contribution in [2.24, 2.45) is 0 Å². The SMILES string of the molecule is CCS(=O)(=O)c1ccc(CNC(=O)c2cc3c(s2)CCCN(COC(C)(C)C)CCCO[C@@H](C)C3)nc1. The summed E-state index contributed by atoms with van der Waals surface area (Å²) in [4.78, 5) is 21.6. The molecule has 0 spiro atoms. The van der Waals surface area contributed by atoms with Crippen LogP contribution in [0.5, 0.6) is 0 Å². The minimum atomic E-state index is -3.29. The van der Waals surface area contributed by atoms with Crippen molar-refractivity contribution in [2.75, 3.05) is 32.2 Å². The lowest BCUT2D eigenvalue weighted by Gasteiger charge is -2.28. The third kappa shape index (κ3) is 9.44. The van der Waals surface area contributed by atoms with Gasteiger partial charge in [0.25, 0.3) is 5.91 Å². The van der Waals surface area contributed by atoms with Gasteiger partial charge in [-0.25, -0.2) is 8.42 Å². The summed E-state index contributed by atoms with van der Waals surface area (Å²) in [5, 5.41) is 2.93. The number of rotatable bonds is 7. The van der Waals surface area contributed by atoms with Crippen LogP contribution in [-0.2, 0) is 38.7 Å². The van der Waals surface area contributed by atoms with Crippen molar-refractivity contribution >= 4 is 27.1 Å². The van der Waals surface area contributed by atoms with Crippen LogP contribution >= 0.6 is 11.3 Å². The second-order valence-corrected chi connectivity index (χ2v) is 13.9. The van der Waals surface area contributed by atoms with E-state index in [0.29, 0.717) is 23.9 Å². The summed E-state index contributed by atoms with van der Waals surface area (Å²) in [5.41, 5.74) is 1.61. The molecule has 1 N–H and O–H groups in total. The van der Waals surface area contributed by atoms with Crippen LogP contribution in [-0.4, -0.2) is 68.1 Å². The van der Waals surface area contributed by atoms with Crippen LogP contribution < -0.4 is 5.32 Å². The van der Waals surface area contributed by atoms with Crippen LogP contribution in [0.1, 0.15) is 73.3 Å². The van der Waals surface area contributed by atoms with Gasteiger partial charge in [0, 0.05) is 30.8 Å². The van der Waals surface area contributed by atoms with Gasteiger partial charge in [-0.1, -0.05) is 6.92 Å². The molecule has 1 aliphatic heterocycles. The van der Waals surface area contributed by atoms with Crippen LogP contribution in [0.2, 0.25) is 0 Å². The molecule has 3 heterocycles. The third-order valence-corrected chi connectivity index (χ3v) is 9.13. The number of hydrogen-bond donors (Lipinski definition) is 1. The fraction of sp³-hybridized carbons (Fsp3) is 0.630. The largest absolute Gasteiger partial charge is 0.378 e. The van der Waals surface area contributed by atoms with E-state index >= 15 is 0 Å². The smallest absolute Gasteiger partial charge is 0.261 e. The highest BCUT2D eigenvalue weighted by Crippen LogP contribution is 2.27. The average molecular weight is 552 g/mol. The number of hydrogen-bond acceptors (Lipinski definition) is 8. The number of carbonyl (C=O) groups is 1. The summed E-state index contributed by atoms with van der Waals surface area (Å²) >= 11 is 1.54. The number of fused-ring (bicyclic) bond motifs is 1. The van der Waals surface area contributed by atoms with Crippen LogP contribution in [0, 0.1) is 0 Å². The van der Waals surface area contributed by atoms with Gasteiger partial charge < -0.3 is 14.8 Å². The molecule has 1 aliphatic rings. The van der Waals surface area contributed by atoms with Crippen LogP contribution in [0.3, 0.4) is 0 Å². The first kappa shape index (κ1) is 29.7. The predicted molar refractivity (Wildman–Crippen MR) is 147 cm³/mol. The molecule has 2 aromatic heterocycles. The highest BCUT2D eigenvalue weighted by molar-refractivity contribution is 7.91. The molecule has 0 radical (unpaired) electrons. The molecule has 10 heteroatoms. The molecule has 1 atom stereocenters. The summed E-state index contributed by atoms with van der Waals surface area (Å²) < 4.78 is 36.0. The molecule has 0 saturated heterocycles. The second-order valence-electron chi connectivity index (χ2n) is 10.5. The van der Waals surface area contributed by atoms with E-state index in [2.05, 4.69) is 42.9 Å². The van der Waals surface area contributed by atoms with Crippen molar-refractivity contribution in [2.45, 2.75) is 83.4 Å². The van der Waals surface area contributed by atoms with E-state index in [1.54, 1.807) is 30.4 Å². The maximum atomic E-state index is 13.0. The number of aromatic nitrogens is 1. The minimum Gasteiger partial charge on any atom is -0.378 e. The number of carbonyl (C=O) groups excluding carboxylic acids is 1. The van der Waals surface area contributed by atoms with Gasteiger partial charge in [-0.3, -0.25) is 14.7 Å². The Bertz CT molecular complexity index is 1120. The Morgan fingerprint density at radius 3 is 2.70 bits per heavy atom. The van der Waals surface area contributed by atoms with E-state index in [1.807, 2.05) is 6.07 Å². The Labute approximate surface area is 225 Å². The molecule has 2 aromatic rings. The van der Waals surface area contributed by atoms with E-state index in [0.717, 1.165) is 38.8 Å². The molecule has 0 fully saturated rings. The van der Waals surface area contributed by atoms with Crippen molar-refractivity contribution in [3.8, 4) is 0 Å². The zero-order valence-electron chi connectivity index (χ0n) is 22.7. The van der Waals surface area contributed by atoms with Gasteiger partial charge in [-0.15, -0.1) is 11.3 Å². The van der Waals surface area contributed by atoms with E-state index in [1.165, 1.54) is 16.6 Å². The monoisotopic (exact) mass is 551 g/mol. The summed E-state index contributed by atoms with van der Waals surface area (Å²) in [7, 11) is -3.29. The zero-order chi connectivity index (χ0) is 27.1. The minimum absolute atomic E-state index is 0.0280. The lowest BCUT2D eigenvalue weighted by molar-refractivity contribution is -0.0659. The number of amides is 1. The molecule has 8 nitrogen and oxygen atoms in total. The molecule has 3 rings (SSSR count). The fourth-order valence-electron chi connectivity index (χ4n) is 4.02. The standard InChI is InChI=1S/C27H41N3O5S2/c1-6-37(32,33)23-11-10-22(28-18-23)17-29-26(31)25-16-21-15-20(2)34-14-8-13-30(19-35-27(3,4)5)12-7-9-24(21)36-25/h10-11,16,18,20H,6-9,12-15,17,19H2,1-5H3,(H,29,31)/t20-/m0/s1. The molecule has 0 aromatic carbocycles. The van der Waals surface area contributed by atoms with Crippen molar-refractivity contribution in [1.82, 2.24) is 15.2 Å². The number of nitrogens with one attached hydrogen (secondary N) is 1. The molecule has 0 unspecified atom stereocenters. The first-order chi connectivity index (χ1) is 17.5. The molecule has 37 heavy (non-hydrogen) atoms. The second kappa shape index (κ2) is 13.3. The van der Waals surface area contributed by atoms with Crippen molar-refractivity contribution < 1.29 is 22.7 Å². The molecule has 0 aliphatic carbocycles. The summed E-state index contributed by atoms with van der Waals surface area (Å²) in [5.74, 6) is -0.122. The maximum Gasteiger partial charge on any atom is 0.261 e. The van der Waals surface area contributed by atoms with Gasteiger partial charge >= 0.3 is 0 Å². The number of ether oxygens (including phenoxy) is 2. The van der Waals surface area contributed by atoms with Crippen LogP contribution in [0.25, 0.3) is 0 Å². The molecule has 0 saturated carbocycles. The number of thiophene rings is 1. The van der Waals surface area contributed by atoms with E-state index in [-0.39, 0.29) is 34.8 Å². The maximum absolute atomic E-state index is 13.0. The Hall–Kier alpha value is -1.85. The summed E-state index contributed by atoms with van der Waals surface area (Å²) in [6.07, 6.45) is 5.07. The number of sulfone groups is 1. The highest BCUT2D eigenvalue weighted by Gasteiger charge is 2.19. The number of pyridine rings is 1. The molecular formula is C27H41N3O5S2. The third-order valence-electron chi connectivity index (χ3n) is 6.17. The van der Waals surface area contributed by atoms with Gasteiger partial charge in [0.1, 0.15) is 0 Å². The molecule has 0 bridgehead atoms. The van der Waals surface area contributed by atoms with Gasteiger partial charge in [0.05, 0.1) is 46.2 Å². The first-order valence-corrected chi connectivity index (χ1v) is 15.5. The van der Waals surface area contributed by atoms with Crippen LogP contribution in [0.15, 0.2) is 29.3 Å². The Kier molecular flexibility index (Phi) is 10.7. The Morgan fingerprint density at radius 1 is 1.27 bits per heavy atom. The Morgan fingerprint density at radius 2 is 2.03 bits per heavy atom. The topological polar surface area (TPSA) is 97.8 Å². The summed E-state index contributed by atoms with van der Waals surface area (Å²) in [6.45, 7) is 13.3. The van der Waals surface area contributed by atoms with E-state index < -0.39 is 9.84 Å². The summed E-state index contributed by atoms with van der Waals surface area (Å²) in [6, 6.07) is 5.17. The van der Waals surface area contributed by atoms with E-state index in [4.69, 9.17) is 9.47 Å². The quantitative estimate of drug-likeness (QED) is 0.550.